The molecule has 4 rings (SSSR count). The number of aryl methyl sites for hydroxylation is 1. The van der Waals surface area contributed by atoms with E-state index in [4.69, 9.17) is 9.47 Å². The van der Waals surface area contributed by atoms with Crippen molar-refractivity contribution in [3.05, 3.63) is 64.1 Å². The van der Waals surface area contributed by atoms with Gasteiger partial charge in [0, 0.05) is 13.1 Å². The van der Waals surface area contributed by atoms with E-state index in [9.17, 15) is 14.4 Å². The van der Waals surface area contributed by atoms with Gasteiger partial charge in [0.2, 0.25) is 5.91 Å². The van der Waals surface area contributed by atoms with Gasteiger partial charge in [-0.25, -0.2) is 0 Å². The Morgan fingerprint density at radius 1 is 1.00 bits per heavy atom. The number of methoxy groups -OCH3 is 2. The number of thioether (sulfide) groups is 2. The molecule has 0 spiro atoms. The first kappa shape index (κ1) is 24.2. The molecule has 7 nitrogen and oxygen atoms in total. The van der Waals surface area contributed by atoms with E-state index in [0.29, 0.717) is 28.7 Å². The predicted molar refractivity (Wildman–Crippen MR) is 135 cm³/mol. The number of hydrogen-bond acceptors (Lipinski definition) is 7. The summed E-state index contributed by atoms with van der Waals surface area (Å²) in [5.74, 6) is 1.18. The maximum Gasteiger partial charge on any atom is 0.293 e. The van der Waals surface area contributed by atoms with E-state index in [2.05, 4.69) is 19.1 Å². The molecular formula is C25H26N2O5S2. The Balaban J connectivity index is 1.45. The van der Waals surface area contributed by atoms with E-state index >= 15 is 0 Å². The van der Waals surface area contributed by atoms with Crippen LogP contribution in [0.3, 0.4) is 0 Å². The lowest BCUT2D eigenvalue weighted by Gasteiger charge is -2.26. The van der Waals surface area contributed by atoms with Gasteiger partial charge in [-0.15, -0.1) is 11.8 Å². The van der Waals surface area contributed by atoms with Crippen LogP contribution in [0.4, 0.5) is 4.79 Å². The highest BCUT2D eigenvalue weighted by Crippen LogP contribution is 2.39. The number of carbonyl (C=O) groups is 3. The molecular weight excluding hydrogens is 472 g/mol. The second-order valence-corrected chi connectivity index (χ2v) is 9.86. The van der Waals surface area contributed by atoms with Crippen molar-refractivity contribution in [1.29, 1.82) is 0 Å². The van der Waals surface area contributed by atoms with E-state index in [1.54, 1.807) is 55.2 Å². The van der Waals surface area contributed by atoms with Crippen molar-refractivity contribution in [3.8, 4) is 11.5 Å². The lowest BCUT2D eigenvalue weighted by atomic mass is 10.1. The molecule has 3 amide bonds. The minimum absolute atomic E-state index is 0.0161. The minimum atomic E-state index is -0.354. The second-order valence-electron chi connectivity index (χ2n) is 7.79. The highest BCUT2D eigenvalue weighted by Gasteiger charge is 2.38. The topological polar surface area (TPSA) is 76.2 Å². The Morgan fingerprint density at radius 2 is 1.74 bits per heavy atom. The molecule has 2 aromatic rings. The first-order chi connectivity index (χ1) is 16.4. The number of rotatable bonds is 8. The first-order valence-electron chi connectivity index (χ1n) is 10.9. The SMILES string of the molecule is CCc1ccc(C2SCC(=O)N2CCN2C(=O)SC(=Cc3ccc(OC)c(OC)c3)C2=O)cc1. The van der Waals surface area contributed by atoms with Crippen LogP contribution >= 0.6 is 23.5 Å². The summed E-state index contributed by atoms with van der Waals surface area (Å²) in [7, 11) is 3.09. The molecule has 2 fully saturated rings. The maximum absolute atomic E-state index is 13.0. The van der Waals surface area contributed by atoms with Gasteiger partial charge in [-0.2, -0.15) is 0 Å². The molecule has 2 aromatic carbocycles. The van der Waals surface area contributed by atoms with Crippen molar-refractivity contribution in [3.63, 3.8) is 0 Å². The van der Waals surface area contributed by atoms with Gasteiger partial charge >= 0.3 is 0 Å². The quantitative estimate of drug-likeness (QED) is 0.493. The van der Waals surface area contributed by atoms with Gasteiger partial charge in [0.15, 0.2) is 11.5 Å². The number of amides is 3. The van der Waals surface area contributed by atoms with Crippen LogP contribution in [0, 0.1) is 0 Å². The monoisotopic (exact) mass is 498 g/mol. The fourth-order valence-electron chi connectivity index (χ4n) is 3.88. The number of imide groups is 1. The fourth-order valence-corrected chi connectivity index (χ4v) is 5.97. The Hall–Kier alpha value is -2.91. The molecule has 0 radical (unpaired) electrons. The van der Waals surface area contributed by atoms with Crippen molar-refractivity contribution >= 4 is 46.7 Å². The normalized spacial score (nSPS) is 19.4. The molecule has 1 atom stereocenters. The fraction of sp³-hybridized carbons (Fsp3) is 0.320. The van der Waals surface area contributed by atoms with Gasteiger partial charge in [-0.3, -0.25) is 19.3 Å². The van der Waals surface area contributed by atoms with Crippen molar-refractivity contribution in [2.45, 2.75) is 18.7 Å². The summed E-state index contributed by atoms with van der Waals surface area (Å²) in [6, 6.07) is 13.5. The van der Waals surface area contributed by atoms with E-state index in [1.165, 1.54) is 10.5 Å². The number of hydrogen-bond donors (Lipinski definition) is 0. The second kappa shape index (κ2) is 10.6. The Labute approximate surface area is 207 Å². The molecule has 1 unspecified atom stereocenters. The maximum atomic E-state index is 13.0. The zero-order valence-electron chi connectivity index (χ0n) is 19.3. The van der Waals surface area contributed by atoms with Gasteiger partial charge in [-0.1, -0.05) is 37.3 Å². The molecule has 0 aliphatic carbocycles. The van der Waals surface area contributed by atoms with Crippen LogP contribution in [0.2, 0.25) is 0 Å². The summed E-state index contributed by atoms with van der Waals surface area (Å²) in [5, 5.41) is -0.444. The molecule has 2 aliphatic rings. The average Bonchev–Trinajstić information content (AvgIpc) is 3.35. The lowest BCUT2D eigenvalue weighted by Crippen LogP contribution is -2.39. The summed E-state index contributed by atoms with van der Waals surface area (Å²) in [5.41, 5.74) is 3.02. The summed E-state index contributed by atoms with van der Waals surface area (Å²) in [4.78, 5) is 41.4. The van der Waals surface area contributed by atoms with Crippen molar-refractivity contribution in [2.24, 2.45) is 0 Å². The van der Waals surface area contributed by atoms with Crippen LogP contribution in [0.1, 0.15) is 29.0 Å². The zero-order chi connectivity index (χ0) is 24.2. The number of ether oxygens (including phenoxy) is 2. The third-order valence-electron chi connectivity index (χ3n) is 5.78. The van der Waals surface area contributed by atoms with Gasteiger partial charge < -0.3 is 14.4 Å². The molecule has 0 bridgehead atoms. The lowest BCUT2D eigenvalue weighted by molar-refractivity contribution is -0.129. The molecule has 2 aliphatic heterocycles. The van der Waals surface area contributed by atoms with Gasteiger partial charge in [0.1, 0.15) is 5.37 Å². The number of nitrogens with zero attached hydrogens (tertiary/aromatic N) is 2. The molecule has 0 saturated carbocycles. The van der Waals surface area contributed by atoms with Crippen molar-refractivity contribution in [2.75, 3.05) is 33.1 Å². The highest BCUT2D eigenvalue weighted by molar-refractivity contribution is 8.18. The standard InChI is InChI=1S/C25H26N2O5S2/c1-4-16-5-8-18(9-6-16)24-26(22(28)15-33-24)11-12-27-23(29)21(34-25(27)30)14-17-7-10-19(31-2)20(13-17)32-3/h5-10,13-14,24H,4,11-12,15H2,1-3H3. The van der Waals surface area contributed by atoms with E-state index in [1.807, 2.05) is 12.1 Å². The average molecular weight is 499 g/mol. The minimum Gasteiger partial charge on any atom is -0.493 e. The van der Waals surface area contributed by atoms with Gasteiger partial charge in [0.25, 0.3) is 11.1 Å². The van der Waals surface area contributed by atoms with Gasteiger partial charge in [0.05, 0.1) is 24.9 Å². The summed E-state index contributed by atoms with van der Waals surface area (Å²) in [6.45, 7) is 2.56. The Morgan fingerprint density at radius 3 is 2.41 bits per heavy atom. The van der Waals surface area contributed by atoms with Crippen LogP contribution in [0.5, 0.6) is 11.5 Å². The smallest absolute Gasteiger partial charge is 0.293 e. The zero-order valence-corrected chi connectivity index (χ0v) is 20.9. The summed E-state index contributed by atoms with van der Waals surface area (Å²) >= 11 is 2.47. The number of carbonyl (C=O) groups excluding carboxylic acids is 3. The molecule has 0 N–H and O–H groups in total. The van der Waals surface area contributed by atoms with Crippen molar-refractivity contribution in [1.82, 2.24) is 9.80 Å². The number of benzene rings is 2. The van der Waals surface area contributed by atoms with Crippen molar-refractivity contribution < 1.29 is 23.9 Å². The third-order valence-corrected chi connectivity index (χ3v) is 7.95. The molecule has 2 saturated heterocycles. The molecule has 2 heterocycles. The van der Waals surface area contributed by atoms with E-state index in [0.717, 1.165) is 29.3 Å². The Kier molecular flexibility index (Phi) is 7.53. The summed E-state index contributed by atoms with van der Waals surface area (Å²) in [6.07, 6.45) is 2.62. The van der Waals surface area contributed by atoms with Crippen LogP contribution in [0.15, 0.2) is 47.4 Å². The molecule has 178 valence electrons. The van der Waals surface area contributed by atoms with Crippen LogP contribution < -0.4 is 9.47 Å². The molecule has 34 heavy (non-hydrogen) atoms. The highest BCUT2D eigenvalue weighted by atomic mass is 32.2. The van der Waals surface area contributed by atoms with E-state index in [-0.39, 0.29) is 29.0 Å². The third kappa shape index (κ3) is 4.95. The van der Waals surface area contributed by atoms with E-state index < -0.39 is 0 Å². The molecule has 9 heteroatoms. The molecule has 0 aromatic heterocycles. The van der Waals surface area contributed by atoms with Crippen LogP contribution in [-0.2, 0) is 16.0 Å². The Bertz CT molecular complexity index is 1130. The van der Waals surface area contributed by atoms with Crippen LogP contribution in [-0.4, -0.2) is 59.9 Å². The first-order valence-corrected chi connectivity index (χ1v) is 12.8. The predicted octanol–water partition coefficient (Wildman–Crippen LogP) is 4.58. The van der Waals surface area contributed by atoms with Crippen LogP contribution in [0.25, 0.3) is 6.08 Å². The van der Waals surface area contributed by atoms with Gasteiger partial charge in [-0.05, 0) is 53.1 Å². The largest absolute Gasteiger partial charge is 0.493 e. The summed E-state index contributed by atoms with van der Waals surface area (Å²) < 4.78 is 10.6.